The number of nitrogens with zero attached hydrogens (tertiary/aromatic N) is 1. The van der Waals surface area contributed by atoms with Crippen molar-refractivity contribution in [1.82, 2.24) is 4.90 Å². The normalized spacial score (nSPS) is 21.9. The monoisotopic (exact) mass is 297 g/mol. The number of rotatable bonds is 3. The highest BCUT2D eigenvalue weighted by Crippen LogP contribution is 2.34. The summed E-state index contributed by atoms with van der Waals surface area (Å²) in [4.78, 5) is 14.6. The standard InChI is InChI=1S/C19H20FNO/c1-14-18(16-7-9-17(20)10-8-16)11-12-21(19(14)22)13-15-5-3-2-4-6-15/h2-10,14,18H,11-13H2,1H3/t14-,18+/m1/s1. The summed E-state index contributed by atoms with van der Waals surface area (Å²) in [5.41, 5.74) is 2.21. The molecule has 0 radical (unpaired) electrons. The lowest BCUT2D eigenvalue weighted by Crippen LogP contribution is -2.43. The second kappa shape index (κ2) is 6.30. The number of benzene rings is 2. The van der Waals surface area contributed by atoms with Crippen molar-refractivity contribution in [3.63, 3.8) is 0 Å². The molecule has 0 bridgehead atoms. The van der Waals surface area contributed by atoms with Crippen LogP contribution in [0.5, 0.6) is 0 Å². The van der Waals surface area contributed by atoms with Gasteiger partial charge in [-0.15, -0.1) is 0 Å². The van der Waals surface area contributed by atoms with E-state index in [4.69, 9.17) is 0 Å². The highest BCUT2D eigenvalue weighted by Gasteiger charge is 2.34. The summed E-state index contributed by atoms with van der Waals surface area (Å²) in [6.07, 6.45) is 0.922. The minimum Gasteiger partial charge on any atom is -0.338 e. The summed E-state index contributed by atoms with van der Waals surface area (Å²) in [5, 5.41) is 0. The zero-order valence-corrected chi connectivity index (χ0v) is 12.7. The molecule has 0 N–H and O–H groups in total. The van der Waals surface area contributed by atoms with Crippen LogP contribution in [-0.4, -0.2) is 17.4 Å². The largest absolute Gasteiger partial charge is 0.338 e. The summed E-state index contributed by atoms with van der Waals surface area (Å²) >= 11 is 0. The fraction of sp³-hybridized carbons (Fsp3) is 0.316. The van der Waals surface area contributed by atoms with Gasteiger partial charge in [0.2, 0.25) is 5.91 Å². The maximum absolute atomic E-state index is 13.1. The third-order valence-electron chi connectivity index (χ3n) is 4.53. The lowest BCUT2D eigenvalue weighted by molar-refractivity contribution is -0.139. The Kier molecular flexibility index (Phi) is 4.23. The van der Waals surface area contributed by atoms with Crippen LogP contribution in [-0.2, 0) is 11.3 Å². The second-order valence-electron chi connectivity index (χ2n) is 5.98. The van der Waals surface area contributed by atoms with Crippen LogP contribution < -0.4 is 0 Å². The van der Waals surface area contributed by atoms with Crippen LogP contribution >= 0.6 is 0 Å². The number of hydrogen-bond donors (Lipinski definition) is 0. The number of amides is 1. The van der Waals surface area contributed by atoms with Gasteiger partial charge in [0.1, 0.15) is 5.82 Å². The minimum absolute atomic E-state index is 0.0667. The Bertz CT molecular complexity index is 638. The van der Waals surface area contributed by atoms with Crippen LogP contribution in [0, 0.1) is 11.7 Å². The number of piperidine rings is 1. The van der Waals surface area contributed by atoms with E-state index >= 15 is 0 Å². The molecule has 1 aliphatic heterocycles. The van der Waals surface area contributed by atoms with Crippen LogP contribution in [0.25, 0.3) is 0 Å². The van der Waals surface area contributed by atoms with Gasteiger partial charge in [0, 0.05) is 19.0 Å². The number of carbonyl (C=O) groups is 1. The maximum Gasteiger partial charge on any atom is 0.226 e. The van der Waals surface area contributed by atoms with Gasteiger partial charge in [-0.3, -0.25) is 4.79 Å². The summed E-state index contributed by atoms with van der Waals surface area (Å²) in [7, 11) is 0. The average molecular weight is 297 g/mol. The first-order chi connectivity index (χ1) is 10.6. The van der Waals surface area contributed by atoms with Gasteiger partial charge in [0.15, 0.2) is 0 Å². The Morgan fingerprint density at radius 2 is 1.77 bits per heavy atom. The Morgan fingerprint density at radius 1 is 1.09 bits per heavy atom. The molecule has 1 heterocycles. The highest BCUT2D eigenvalue weighted by atomic mass is 19.1. The zero-order valence-electron chi connectivity index (χ0n) is 12.7. The first-order valence-electron chi connectivity index (χ1n) is 7.73. The maximum atomic E-state index is 13.1. The summed E-state index contributed by atoms with van der Waals surface area (Å²) in [5.74, 6) is 0.0664. The third kappa shape index (κ3) is 3.03. The lowest BCUT2D eigenvalue weighted by atomic mass is 9.81. The molecule has 0 unspecified atom stereocenters. The molecule has 0 spiro atoms. The lowest BCUT2D eigenvalue weighted by Gasteiger charge is -2.36. The van der Waals surface area contributed by atoms with Crippen molar-refractivity contribution in [2.45, 2.75) is 25.8 Å². The van der Waals surface area contributed by atoms with Crippen molar-refractivity contribution in [1.29, 1.82) is 0 Å². The molecule has 1 saturated heterocycles. The quantitative estimate of drug-likeness (QED) is 0.839. The number of carbonyl (C=O) groups excluding carboxylic acids is 1. The van der Waals surface area contributed by atoms with Gasteiger partial charge in [-0.25, -0.2) is 4.39 Å². The Balaban J connectivity index is 1.72. The zero-order chi connectivity index (χ0) is 15.5. The number of hydrogen-bond acceptors (Lipinski definition) is 1. The van der Waals surface area contributed by atoms with Gasteiger partial charge >= 0.3 is 0 Å². The van der Waals surface area contributed by atoms with Crippen molar-refractivity contribution in [2.75, 3.05) is 6.54 Å². The Morgan fingerprint density at radius 3 is 2.45 bits per heavy atom. The van der Waals surface area contributed by atoms with Crippen LogP contribution in [0.1, 0.15) is 30.4 Å². The molecule has 2 nitrogen and oxygen atoms in total. The molecule has 3 rings (SSSR count). The van der Waals surface area contributed by atoms with Gasteiger partial charge in [-0.05, 0) is 35.6 Å². The highest BCUT2D eigenvalue weighted by molar-refractivity contribution is 5.80. The van der Waals surface area contributed by atoms with E-state index in [9.17, 15) is 9.18 Å². The van der Waals surface area contributed by atoms with E-state index in [0.29, 0.717) is 6.54 Å². The molecule has 3 heteroatoms. The SMILES string of the molecule is C[C@H]1C(=O)N(Cc2ccccc2)CC[C@@H]1c1ccc(F)cc1. The van der Waals surface area contributed by atoms with Crippen molar-refractivity contribution in [3.8, 4) is 0 Å². The number of likely N-dealkylation sites (tertiary alicyclic amines) is 1. The van der Waals surface area contributed by atoms with Gasteiger partial charge in [0.25, 0.3) is 0 Å². The van der Waals surface area contributed by atoms with Crippen LogP contribution in [0.2, 0.25) is 0 Å². The van der Waals surface area contributed by atoms with Crippen LogP contribution in [0.15, 0.2) is 54.6 Å². The second-order valence-corrected chi connectivity index (χ2v) is 5.98. The predicted octanol–water partition coefficient (Wildman–Crippen LogP) is 3.98. The minimum atomic E-state index is -0.232. The van der Waals surface area contributed by atoms with E-state index < -0.39 is 0 Å². The van der Waals surface area contributed by atoms with E-state index in [1.807, 2.05) is 42.2 Å². The van der Waals surface area contributed by atoms with Crippen molar-refractivity contribution < 1.29 is 9.18 Å². The van der Waals surface area contributed by atoms with E-state index in [0.717, 1.165) is 24.1 Å². The van der Waals surface area contributed by atoms with E-state index in [2.05, 4.69) is 0 Å². The molecule has 2 aromatic carbocycles. The molecular formula is C19H20FNO. The van der Waals surface area contributed by atoms with Gasteiger partial charge < -0.3 is 4.90 Å². The molecule has 0 aliphatic carbocycles. The topological polar surface area (TPSA) is 20.3 Å². The summed E-state index contributed by atoms with van der Waals surface area (Å²) in [6.45, 7) is 3.40. The molecule has 2 atom stereocenters. The fourth-order valence-corrected chi connectivity index (χ4v) is 3.24. The van der Waals surface area contributed by atoms with Gasteiger partial charge in [-0.2, -0.15) is 0 Å². The Labute approximate surface area is 130 Å². The summed E-state index contributed by atoms with van der Waals surface area (Å²) < 4.78 is 13.1. The molecule has 114 valence electrons. The fourth-order valence-electron chi connectivity index (χ4n) is 3.24. The first-order valence-corrected chi connectivity index (χ1v) is 7.73. The van der Waals surface area contributed by atoms with Crippen LogP contribution in [0.3, 0.4) is 0 Å². The molecule has 0 saturated carbocycles. The summed E-state index contributed by atoms with van der Waals surface area (Å²) in [6, 6.07) is 16.6. The molecule has 1 amide bonds. The van der Waals surface area contributed by atoms with E-state index in [1.54, 1.807) is 12.1 Å². The number of halogens is 1. The van der Waals surface area contributed by atoms with Gasteiger partial charge in [-0.1, -0.05) is 49.4 Å². The van der Waals surface area contributed by atoms with E-state index in [-0.39, 0.29) is 23.6 Å². The van der Waals surface area contributed by atoms with E-state index in [1.165, 1.54) is 12.1 Å². The van der Waals surface area contributed by atoms with Crippen molar-refractivity contribution >= 4 is 5.91 Å². The molecule has 2 aromatic rings. The first kappa shape index (κ1) is 14.8. The Hall–Kier alpha value is -2.16. The molecule has 1 aliphatic rings. The average Bonchev–Trinajstić information content (AvgIpc) is 2.54. The molecule has 22 heavy (non-hydrogen) atoms. The van der Waals surface area contributed by atoms with Crippen LogP contribution in [0.4, 0.5) is 4.39 Å². The predicted molar refractivity (Wildman–Crippen MR) is 84.8 cm³/mol. The molecule has 1 fully saturated rings. The van der Waals surface area contributed by atoms with Crippen molar-refractivity contribution in [3.05, 3.63) is 71.5 Å². The third-order valence-corrected chi connectivity index (χ3v) is 4.53. The van der Waals surface area contributed by atoms with Gasteiger partial charge in [0.05, 0.1) is 0 Å². The van der Waals surface area contributed by atoms with Crippen molar-refractivity contribution in [2.24, 2.45) is 5.92 Å². The molecule has 0 aromatic heterocycles. The molecular weight excluding hydrogens is 277 g/mol. The smallest absolute Gasteiger partial charge is 0.226 e.